The van der Waals surface area contributed by atoms with Gasteiger partial charge >= 0.3 is 5.92 Å². The van der Waals surface area contributed by atoms with Crippen LogP contribution in [-0.2, 0) is 18.1 Å². The van der Waals surface area contributed by atoms with Gasteiger partial charge in [-0.05, 0) is 64.9 Å². The fourth-order valence-electron chi connectivity index (χ4n) is 3.11. The maximum absolute atomic E-state index is 15.6. The molecule has 2 aromatic heterocycles. The topological polar surface area (TPSA) is 89.6 Å². The Morgan fingerprint density at radius 1 is 0.882 bits per heavy atom. The number of aliphatic hydroxyl groups is 1. The predicted molar refractivity (Wildman–Crippen MR) is 106 cm³/mol. The molecule has 7 nitrogen and oxygen atoms in total. The summed E-state index contributed by atoms with van der Waals surface area (Å²) in [6.45, 7) is -0.983. The van der Waals surface area contributed by atoms with Crippen LogP contribution >= 0.6 is 0 Å². The fraction of sp³-hybridized carbons (Fsp3) is 0.136. The van der Waals surface area contributed by atoms with Gasteiger partial charge in [-0.15, -0.1) is 15.3 Å². The average Bonchev–Trinajstić information content (AvgIpc) is 3.31. The number of nitrogens with zero attached hydrogens (tertiary/aromatic N) is 6. The van der Waals surface area contributed by atoms with Gasteiger partial charge in [-0.3, -0.25) is 0 Å². The van der Waals surface area contributed by atoms with Crippen molar-refractivity contribution in [3.8, 4) is 11.8 Å². The van der Waals surface area contributed by atoms with Gasteiger partial charge in [-0.25, -0.2) is 17.9 Å². The monoisotopic (exact) mass is 472 g/mol. The van der Waals surface area contributed by atoms with Crippen LogP contribution in [0, 0.1) is 29.3 Å². The van der Waals surface area contributed by atoms with Gasteiger partial charge in [-0.2, -0.15) is 8.78 Å². The van der Waals surface area contributed by atoms with E-state index in [2.05, 4.69) is 37.6 Å². The van der Waals surface area contributed by atoms with Crippen molar-refractivity contribution in [2.45, 2.75) is 18.1 Å². The molecule has 0 aliphatic rings. The van der Waals surface area contributed by atoms with E-state index in [4.69, 9.17) is 0 Å². The first kappa shape index (κ1) is 22.9. The van der Waals surface area contributed by atoms with E-state index in [-0.39, 0.29) is 5.69 Å². The maximum atomic E-state index is 15.6. The highest BCUT2D eigenvalue weighted by atomic mass is 19.3. The van der Waals surface area contributed by atoms with Crippen LogP contribution in [0.3, 0.4) is 0 Å². The molecule has 0 amide bonds. The Morgan fingerprint density at radius 3 is 2.24 bits per heavy atom. The zero-order chi connectivity index (χ0) is 24.3. The lowest BCUT2D eigenvalue weighted by Crippen LogP contribution is -2.48. The third-order valence-electron chi connectivity index (χ3n) is 4.84. The van der Waals surface area contributed by atoms with E-state index in [1.54, 1.807) is 0 Å². The molecule has 0 saturated heterocycles. The van der Waals surface area contributed by atoms with Crippen molar-refractivity contribution in [3.63, 3.8) is 0 Å². The number of hydrogen-bond acceptors (Lipinski definition) is 6. The van der Waals surface area contributed by atoms with Gasteiger partial charge < -0.3 is 5.11 Å². The van der Waals surface area contributed by atoms with Gasteiger partial charge in [0.25, 0.3) is 0 Å². The predicted octanol–water partition coefficient (Wildman–Crippen LogP) is 2.96. The minimum Gasteiger partial charge on any atom is -0.377 e. The largest absolute Gasteiger partial charge is 0.377 e. The van der Waals surface area contributed by atoms with Crippen LogP contribution in [0.5, 0.6) is 0 Å². The highest BCUT2D eigenvalue weighted by Crippen LogP contribution is 2.46. The van der Waals surface area contributed by atoms with Crippen LogP contribution in [0.2, 0.25) is 0 Å². The zero-order valence-electron chi connectivity index (χ0n) is 17.0. The molecule has 0 saturated carbocycles. The van der Waals surface area contributed by atoms with Gasteiger partial charge in [0.05, 0.1) is 6.54 Å². The number of alkyl halides is 2. The van der Waals surface area contributed by atoms with E-state index in [1.807, 2.05) is 0 Å². The van der Waals surface area contributed by atoms with Crippen molar-refractivity contribution in [3.05, 3.63) is 101 Å². The van der Waals surface area contributed by atoms with Crippen LogP contribution < -0.4 is 0 Å². The Labute approximate surface area is 188 Å². The average molecular weight is 472 g/mol. The molecule has 0 spiro atoms. The summed E-state index contributed by atoms with van der Waals surface area (Å²) in [5.41, 5.74) is -4.69. The van der Waals surface area contributed by atoms with E-state index in [1.165, 1.54) is 24.3 Å². The van der Waals surface area contributed by atoms with Gasteiger partial charge in [0.2, 0.25) is 0 Å². The standard InChI is InChI=1S/C22H13F5N6O/c23-15-4-1-14(2-5-15)3-7-17-8-10-20(30-29-17)22(26,27)21(34,12-33-13-28-31-32-33)18-9-6-16(24)11-19(18)25/h1-2,4-6,8-11,13,34H,12H2. The normalized spacial score (nSPS) is 13.1. The molecule has 0 bridgehead atoms. The highest BCUT2D eigenvalue weighted by molar-refractivity contribution is 5.40. The summed E-state index contributed by atoms with van der Waals surface area (Å²) in [6, 6.07) is 9.08. The van der Waals surface area contributed by atoms with Crippen LogP contribution in [0.15, 0.2) is 60.9 Å². The number of halogens is 5. The molecule has 2 aromatic carbocycles. The highest BCUT2D eigenvalue weighted by Gasteiger charge is 2.58. The van der Waals surface area contributed by atoms with Gasteiger partial charge in [0.15, 0.2) is 5.60 Å². The van der Waals surface area contributed by atoms with Crippen molar-refractivity contribution >= 4 is 0 Å². The molecular formula is C22H13F5N6O. The molecule has 0 aliphatic carbocycles. The second kappa shape index (κ2) is 8.95. The van der Waals surface area contributed by atoms with Crippen LogP contribution in [0.4, 0.5) is 22.0 Å². The summed E-state index contributed by atoms with van der Waals surface area (Å²) >= 11 is 0. The van der Waals surface area contributed by atoms with E-state index < -0.39 is 46.8 Å². The molecule has 4 rings (SSSR count). The Kier molecular flexibility index (Phi) is 6.04. The van der Waals surface area contributed by atoms with Crippen molar-refractivity contribution in [2.75, 3.05) is 0 Å². The Bertz CT molecular complexity index is 1350. The molecule has 12 heteroatoms. The molecular weight excluding hydrogens is 459 g/mol. The molecule has 1 atom stereocenters. The number of benzene rings is 2. The first-order valence-electron chi connectivity index (χ1n) is 9.57. The summed E-state index contributed by atoms with van der Waals surface area (Å²) in [6.07, 6.45) is 0.947. The molecule has 0 fully saturated rings. The van der Waals surface area contributed by atoms with E-state index in [0.29, 0.717) is 17.7 Å². The second-order valence-electron chi connectivity index (χ2n) is 7.13. The number of aromatic nitrogens is 6. The SMILES string of the molecule is OC(Cn1cnnn1)(c1ccc(F)cc1F)C(F)(F)c1ccc(C#Cc2ccc(F)cc2)nn1. The third kappa shape index (κ3) is 4.46. The summed E-state index contributed by atoms with van der Waals surface area (Å²) in [5.74, 6) is -1.81. The molecule has 1 unspecified atom stereocenters. The first-order chi connectivity index (χ1) is 16.2. The first-order valence-corrected chi connectivity index (χ1v) is 9.57. The van der Waals surface area contributed by atoms with E-state index >= 15 is 8.78 Å². The van der Waals surface area contributed by atoms with Crippen molar-refractivity contribution < 1.29 is 27.1 Å². The molecule has 172 valence electrons. The minimum atomic E-state index is -4.23. The molecule has 0 radical (unpaired) electrons. The lowest BCUT2D eigenvalue weighted by Gasteiger charge is -2.35. The molecule has 34 heavy (non-hydrogen) atoms. The van der Waals surface area contributed by atoms with Gasteiger partial charge in [-0.1, -0.05) is 5.92 Å². The van der Waals surface area contributed by atoms with Gasteiger partial charge in [0.1, 0.15) is 35.2 Å². The lowest BCUT2D eigenvalue weighted by atomic mass is 9.84. The van der Waals surface area contributed by atoms with Crippen molar-refractivity contribution in [1.29, 1.82) is 0 Å². The van der Waals surface area contributed by atoms with Crippen LogP contribution in [0.25, 0.3) is 0 Å². The molecule has 4 aromatic rings. The third-order valence-corrected chi connectivity index (χ3v) is 4.84. The number of tetrazole rings is 1. The second-order valence-corrected chi connectivity index (χ2v) is 7.13. The number of rotatable bonds is 5. The minimum absolute atomic E-state index is 0.0147. The Balaban J connectivity index is 1.71. The summed E-state index contributed by atoms with van der Waals surface area (Å²) < 4.78 is 72.9. The van der Waals surface area contributed by atoms with Crippen molar-refractivity contribution in [1.82, 2.24) is 30.4 Å². The maximum Gasteiger partial charge on any atom is 0.325 e. The van der Waals surface area contributed by atoms with Gasteiger partial charge in [0, 0.05) is 17.2 Å². The van der Waals surface area contributed by atoms with Crippen LogP contribution in [0.1, 0.15) is 22.5 Å². The molecule has 2 heterocycles. The fourth-order valence-corrected chi connectivity index (χ4v) is 3.11. The Morgan fingerprint density at radius 2 is 1.62 bits per heavy atom. The summed E-state index contributed by atoms with van der Waals surface area (Å²) in [4.78, 5) is 0. The smallest absolute Gasteiger partial charge is 0.325 e. The quantitative estimate of drug-likeness (QED) is 0.355. The molecule has 1 N–H and O–H groups in total. The summed E-state index contributed by atoms with van der Waals surface area (Å²) in [7, 11) is 0. The Hall–Kier alpha value is -4.24. The van der Waals surface area contributed by atoms with Crippen LogP contribution in [-0.4, -0.2) is 35.5 Å². The lowest BCUT2D eigenvalue weighted by molar-refractivity contribution is -0.208. The number of hydrogen-bond donors (Lipinski definition) is 1. The summed E-state index contributed by atoms with van der Waals surface area (Å²) in [5, 5.41) is 28.3. The van der Waals surface area contributed by atoms with E-state index in [0.717, 1.165) is 29.2 Å². The van der Waals surface area contributed by atoms with E-state index in [9.17, 15) is 18.3 Å². The zero-order valence-corrected chi connectivity index (χ0v) is 17.0. The molecule has 0 aliphatic heterocycles. The van der Waals surface area contributed by atoms with Crippen molar-refractivity contribution in [2.24, 2.45) is 0 Å².